The van der Waals surface area contributed by atoms with Crippen molar-refractivity contribution >= 4 is 17.5 Å². The number of rotatable bonds is 3. The second-order valence-electron chi connectivity index (χ2n) is 7.50. The van der Waals surface area contributed by atoms with Gasteiger partial charge in [0.25, 0.3) is 5.91 Å². The summed E-state index contributed by atoms with van der Waals surface area (Å²) in [7, 11) is 0. The topological polar surface area (TPSA) is 61.4 Å². The van der Waals surface area contributed by atoms with Crippen molar-refractivity contribution < 1.29 is 9.59 Å². The number of nitrogens with zero attached hydrogens (tertiary/aromatic N) is 1. The summed E-state index contributed by atoms with van der Waals surface area (Å²) in [4.78, 5) is 27.0. The Morgan fingerprint density at radius 1 is 1.16 bits per heavy atom. The van der Waals surface area contributed by atoms with E-state index in [4.69, 9.17) is 0 Å². The highest BCUT2D eigenvalue weighted by Crippen LogP contribution is 2.22. The molecular weight excluding hydrogens is 314 g/mol. The van der Waals surface area contributed by atoms with Gasteiger partial charge in [0.2, 0.25) is 5.91 Å². The van der Waals surface area contributed by atoms with E-state index < -0.39 is 0 Å². The van der Waals surface area contributed by atoms with Gasteiger partial charge < -0.3 is 15.5 Å². The highest BCUT2D eigenvalue weighted by molar-refractivity contribution is 5.98. The van der Waals surface area contributed by atoms with Crippen molar-refractivity contribution in [3.8, 4) is 0 Å². The number of carbonyl (C=O) groups is 2. The summed E-state index contributed by atoms with van der Waals surface area (Å²) >= 11 is 0. The Hall–Kier alpha value is -1.88. The quantitative estimate of drug-likeness (QED) is 0.887. The molecule has 3 rings (SSSR count). The predicted octanol–water partition coefficient (Wildman–Crippen LogP) is 2.95. The fourth-order valence-corrected chi connectivity index (χ4v) is 3.63. The lowest BCUT2D eigenvalue weighted by atomic mass is 9.98. The zero-order valence-corrected chi connectivity index (χ0v) is 15.3. The SMILES string of the molecule is Cc1cc(C(=O)N2CCC(C)CC2)ccc1NC(=O)[C@H]1CCCCN1. The van der Waals surface area contributed by atoms with E-state index in [1.165, 1.54) is 0 Å². The molecule has 2 heterocycles. The van der Waals surface area contributed by atoms with Crippen molar-refractivity contribution in [2.75, 3.05) is 25.0 Å². The van der Waals surface area contributed by atoms with Crippen molar-refractivity contribution in [1.82, 2.24) is 10.2 Å². The number of piperidine rings is 2. The van der Waals surface area contributed by atoms with Crippen LogP contribution in [0.2, 0.25) is 0 Å². The summed E-state index contributed by atoms with van der Waals surface area (Å²) in [5.41, 5.74) is 2.43. The second-order valence-corrected chi connectivity index (χ2v) is 7.50. The lowest BCUT2D eigenvalue weighted by molar-refractivity contribution is -0.118. The second kappa shape index (κ2) is 8.00. The van der Waals surface area contributed by atoms with E-state index >= 15 is 0 Å². The van der Waals surface area contributed by atoms with Gasteiger partial charge in [-0.1, -0.05) is 13.3 Å². The average Bonchev–Trinajstić information content (AvgIpc) is 2.64. The number of anilines is 1. The summed E-state index contributed by atoms with van der Waals surface area (Å²) in [5, 5.41) is 6.27. The number of hydrogen-bond donors (Lipinski definition) is 2. The van der Waals surface area contributed by atoms with E-state index in [-0.39, 0.29) is 17.9 Å². The third-order valence-electron chi connectivity index (χ3n) is 5.43. The highest BCUT2D eigenvalue weighted by Gasteiger charge is 2.23. The molecule has 0 radical (unpaired) electrons. The van der Waals surface area contributed by atoms with Crippen molar-refractivity contribution in [2.24, 2.45) is 5.92 Å². The van der Waals surface area contributed by atoms with Gasteiger partial charge in [0, 0.05) is 24.3 Å². The monoisotopic (exact) mass is 343 g/mol. The summed E-state index contributed by atoms with van der Waals surface area (Å²) in [6, 6.07) is 5.47. The number of nitrogens with one attached hydrogen (secondary N) is 2. The summed E-state index contributed by atoms with van der Waals surface area (Å²) in [6.07, 6.45) is 5.26. The van der Waals surface area contributed by atoms with Crippen molar-refractivity contribution in [3.05, 3.63) is 29.3 Å². The van der Waals surface area contributed by atoms with Crippen LogP contribution in [0, 0.1) is 12.8 Å². The molecule has 25 heavy (non-hydrogen) atoms. The summed E-state index contributed by atoms with van der Waals surface area (Å²) in [5.74, 6) is 0.825. The molecule has 2 amide bonds. The molecule has 2 aliphatic heterocycles. The average molecular weight is 343 g/mol. The Bertz CT molecular complexity index is 630. The van der Waals surface area contributed by atoms with Crippen LogP contribution in [-0.2, 0) is 4.79 Å². The molecule has 0 saturated carbocycles. The molecule has 0 aromatic heterocycles. The van der Waals surface area contributed by atoms with Gasteiger partial charge in [-0.25, -0.2) is 0 Å². The number of likely N-dealkylation sites (tertiary alicyclic amines) is 1. The highest BCUT2D eigenvalue weighted by atomic mass is 16.2. The Balaban J connectivity index is 1.64. The Kier molecular flexibility index (Phi) is 5.74. The van der Waals surface area contributed by atoms with Crippen LogP contribution in [0.15, 0.2) is 18.2 Å². The van der Waals surface area contributed by atoms with Crippen molar-refractivity contribution in [1.29, 1.82) is 0 Å². The van der Waals surface area contributed by atoms with Gasteiger partial charge in [-0.2, -0.15) is 0 Å². The van der Waals surface area contributed by atoms with Crippen LogP contribution in [0.1, 0.15) is 54.9 Å². The first kappa shape index (κ1) is 17.9. The molecule has 1 atom stereocenters. The minimum atomic E-state index is -0.107. The van der Waals surface area contributed by atoms with Crippen LogP contribution in [0.3, 0.4) is 0 Å². The Labute approximate surface area is 150 Å². The van der Waals surface area contributed by atoms with Crippen LogP contribution in [0.25, 0.3) is 0 Å². The number of aryl methyl sites for hydroxylation is 1. The van der Waals surface area contributed by atoms with Gasteiger partial charge in [-0.15, -0.1) is 0 Å². The van der Waals surface area contributed by atoms with Gasteiger partial charge in [-0.3, -0.25) is 9.59 Å². The molecule has 1 aromatic carbocycles. The van der Waals surface area contributed by atoms with Gasteiger partial charge >= 0.3 is 0 Å². The molecule has 0 bridgehead atoms. The lowest BCUT2D eigenvalue weighted by Gasteiger charge is -2.30. The van der Waals surface area contributed by atoms with E-state index in [1.54, 1.807) is 0 Å². The largest absolute Gasteiger partial charge is 0.339 e. The van der Waals surface area contributed by atoms with E-state index in [9.17, 15) is 9.59 Å². The zero-order chi connectivity index (χ0) is 17.8. The molecule has 2 N–H and O–H groups in total. The molecule has 1 aromatic rings. The molecular formula is C20H29N3O2. The zero-order valence-electron chi connectivity index (χ0n) is 15.3. The van der Waals surface area contributed by atoms with Crippen LogP contribution < -0.4 is 10.6 Å². The third-order valence-corrected chi connectivity index (χ3v) is 5.43. The summed E-state index contributed by atoms with van der Waals surface area (Å²) in [6.45, 7) is 6.76. The molecule has 136 valence electrons. The maximum absolute atomic E-state index is 12.7. The van der Waals surface area contributed by atoms with Crippen LogP contribution in [0.5, 0.6) is 0 Å². The first-order valence-electron chi connectivity index (χ1n) is 9.49. The van der Waals surface area contributed by atoms with Crippen LogP contribution in [0.4, 0.5) is 5.69 Å². The minimum Gasteiger partial charge on any atom is -0.339 e. The number of carbonyl (C=O) groups excluding carboxylic acids is 2. The number of benzene rings is 1. The van der Waals surface area contributed by atoms with Gasteiger partial charge in [0.05, 0.1) is 6.04 Å². The third kappa shape index (κ3) is 4.40. The Morgan fingerprint density at radius 2 is 1.92 bits per heavy atom. The molecule has 5 heteroatoms. The van der Waals surface area contributed by atoms with Gasteiger partial charge in [0.1, 0.15) is 0 Å². The maximum Gasteiger partial charge on any atom is 0.253 e. The first-order valence-corrected chi connectivity index (χ1v) is 9.49. The smallest absolute Gasteiger partial charge is 0.253 e. The molecule has 0 unspecified atom stereocenters. The molecule has 5 nitrogen and oxygen atoms in total. The van der Waals surface area contributed by atoms with E-state index in [0.717, 1.165) is 63.0 Å². The first-order chi connectivity index (χ1) is 12.0. The standard InChI is InChI=1S/C20H29N3O2/c1-14-8-11-23(12-9-14)20(25)16-6-7-17(15(2)13-16)22-19(24)18-5-3-4-10-21-18/h6-7,13-14,18,21H,3-5,8-12H2,1-2H3,(H,22,24)/t18-/m1/s1. The predicted molar refractivity (Wildman–Crippen MR) is 99.8 cm³/mol. The van der Waals surface area contributed by atoms with E-state index in [1.807, 2.05) is 30.0 Å². The minimum absolute atomic E-state index is 0.0203. The Morgan fingerprint density at radius 3 is 2.56 bits per heavy atom. The normalized spacial score (nSPS) is 21.8. The molecule has 0 spiro atoms. The van der Waals surface area contributed by atoms with E-state index in [2.05, 4.69) is 17.6 Å². The molecule has 2 aliphatic rings. The lowest BCUT2D eigenvalue weighted by Crippen LogP contribution is -2.43. The van der Waals surface area contributed by atoms with Crippen molar-refractivity contribution in [2.45, 2.75) is 52.0 Å². The number of hydrogen-bond acceptors (Lipinski definition) is 3. The molecule has 2 saturated heterocycles. The maximum atomic E-state index is 12.7. The van der Waals surface area contributed by atoms with Gasteiger partial charge in [0.15, 0.2) is 0 Å². The van der Waals surface area contributed by atoms with Crippen molar-refractivity contribution in [3.63, 3.8) is 0 Å². The fourth-order valence-electron chi connectivity index (χ4n) is 3.63. The van der Waals surface area contributed by atoms with Crippen LogP contribution in [-0.4, -0.2) is 42.4 Å². The molecule has 0 aliphatic carbocycles. The number of amides is 2. The van der Waals surface area contributed by atoms with Crippen LogP contribution >= 0.6 is 0 Å². The fraction of sp³-hybridized carbons (Fsp3) is 0.600. The van der Waals surface area contributed by atoms with Gasteiger partial charge in [-0.05, 0) is 68.8 Å². The summed E-state index contributed by atoms with van der Waals surface area (Å²) < 4.78 is 0. The molecule has 2 fully saturated rings. The van der Waals surface area contributed by atoms with E-state index in [0.29, 0.717) is 11.5 Å².